The van der Waals surface area contributed by atoms with Gasteiger partial charge in [0.05, 0.1) is 24.5 Å². The van der Waals surface area contributed by atoms with Crippen molar-refractivity contribution in [2.75, 3.05) is 17.7 Å². The number of nitrogens with one attached hydrogen (secondary N) is 3. The molecule has 0 aliphatic carbocycles. The van der Waals surface area contributed by atoms with Crippen molar-refractivity contribution >= 4 is 63.3 Å². The number of ether oxygens (including phenoxy) is 1. The summed E-state index contributed by atoms with van der Waals surface area (Å²) < 4.78 is 13.6. The van der Waals surface area contributed by atoms with Gasteiger partial charge in [-0.05, 0) is 49.0 Å². The van der Waals surface area contributed by atoms with Gasteiger partial charge in [-0.15, -0.1) is 0 Å². The third kappa shape index (κ3) is 5.49. The Morgan fingerprint density at radius 1 is 1.10 bits per heavy atom. The Hall–Kier alpha value is -3.11. The van der Waals surface area contributed by atoms with Gasteiger partial charge in [0.1, 0.15) is 16.8 Å². The van der Waals surface area contributed by atoms with Crippen molar-refractivity contribution in [3.63, 3.8) is 0 Å². The fourth-order valence-corrected chi connectivity index (χ4v) is 3.41. The van der Waals surface area contributed by atoms with E-state index in [1.807, 2.05) is 6.92 Å². The van der Waals surface area contributed by atoms with Gasteiger partial charge >= 0.3 is 0 Å². The predicted octanol–water partition coefficient (Wildman–Crippen LogP) is 3.96. The number of rotatable bonds is 7. The Morgan fingerprint density at radius 3 is 2.67 bits per heavy atom. The van der Waals surface area contributed by atoms with Gasteiger partial charge in [-0.2, -0.15) is 8.75 Å². The molecule has 0 unspecified atom stereocenters. The lowest BCUT2D eigenvalue weighted by atomic mass is 10.2. The van der Waals surface area contributed by atoms with Gasteiger partial charge < -0.3 is 15.4 Å². The molecule has 156 valence electrons. The standard InChI is InChI=1S/C20H21N5O3S2/c1-3-4-5-18(26)22-15-9-7-13(11-17(15)28-2)21-20(29)23-19(27)12-6-8-14-16(10-12)25-30-24-14/h6-11H,3-5H2,1-2H3,(H,22,26)(H2,21,23,27,29). The number of carbonyl (C=O) groups excluding carboxylic acids is 2. The molecule has 0 aliphatic rings. The van der Waals surface area contributed by atoms with Crippen molar-refractivity contribution < 1.29 is 14.3 Å². The number of thiocarbonyl (C=S) groups is 1. The molecular formula is C20H21N5O3S2. The highest BCUT2D eigenvalue weighted by Gasteiger charge is 2.12. The van der Waals surface area contributed by atoms with Crippen LogP contribution in [-0.4, -0.2) is 32.8 Å². The van der Waals surface area contributed by atoms with E-state index in [0.29, 0.717) is 34.6 Å². The average molecular weight is 444 g/mol. The third-order valence-corrected chi connectivity index (χ3v) is 4.99. The van der Waals surface area contributed by atoms with Crippen molar-refractivity contribution in [3.8, 4) is 5.75 Å². The van der Waals surface area contributed by atoms with Gasteiger partial charge in [0.15, 0.2) is 5.11 Å². The number of fused-ring (bicyclic) bond motifs is 1. The first kappa shape index (κ1) is 21.6. The topological polar surface area (TPSA) is 105 Å². The molecule has 0 atom stereocenters. The first-order valence-corrected chi connectivity index (χ1v) is 10.5. The van der Waals surface area contributed by atoms with Crippen molar-refractivity contribution in [1.29, 1.82) is 0 Å². The molecule has 0 spiro atoms. The van der Waals surface area contributed by atoms with Gasteiger partial charge in [0.25, 0.3) is 5.91 Å². The molecule has 0 saturated heterocycles. The molecule has 0 saturated carbocycles. The third-order valence-electron chi connectivity index (χ3n) is 4.23. The Labute approximate surface area is 183 Å². The predicted molar refractivity (Wildman–Crippen MR) is 122 cm³/mol. The number of methoxy groups -OCH3 is 1. The summed E-state index contributed by atoms with van der Waals surface area (Å²) >= 11 is 6.33. The monoisotopic (exact) mass is 443 g/mol. The maximum absolute atomic E-state index is 12.4. The van der Waals surface area contributed by atoms with Crippen molar-refractivity contribution in [2.24, 2.45) is 0 Å². The van der Waals surface area contributed by atoms with Gasteiger partial charge in [0, 0.05) is 23.7 Å². The van der Waals surface area contributed by atoms with Crippen LogP contribution in [-0.2, 0) is 4.79 Å². The number of unbranched alkanes of at least 4 members (excludes halogenated alkanes) is 1. The van der Waals surface area contributed by atoms with Crippen molar-refractivity contribution in [3.05, 3.63) is 42.0 Å². The van der Waals surface area contributed by atoms with E-state index < -0.39 is 0 Å². The minimum Gasteiger partial charge on any atom is -0.494 e. The highest BCUT2D eigenvalue weighted by Crippen LogP contribution is 2.28. The SMILES string of the molecule is CCCCC(=O)Nc1ccc(NC(=S)NC(=O)c2ccc3nsnc3c2)cc1OC. The molecule has 0 fully saturated rings. The van der Waals surface area contributed by atoms with E-state index in [4.69, 9.17) is 17.0 Å². The number of carbonyl (C=O) groups is 2. The molecule has 0 radical (unpaired) electrons. The number of aromatic nitrogens is 2. The van der Waals surface area contributed by atoms with E-state index in [-0.39, 0.29) is 16.9 Å². The zero-order valence-electron chi connectivity index (χ0n) is 16.5. The summed E-state index contributed by atoms with van der Waals surface area (Å²) in [5, 5.41) is 8.56. The first-order chi connectivity index (χ1) is 14.5. The lowest BCUT2D eigenvalue weighted by molar-refractivity contribution is -0.116. The molecule has 1 aromatic heterocycles. The summed E-state index contributed by atoms with van der Waals surface area (Å²) in [6.07, 6.45) is 2.23. The Balaban J connectivity index is 1.62. The van der Waals surface area contributed by atoms with E-state index >= 15 is 0 Å². The molecular weight excluding hydrogens is 422 g/mol. The summed E-state index contributed by atoms with van der Waals surface area (Å²) in [6, 6.07) is 10.2. The van der Waals surface area contributed by atoms with Crippen molar-refractivity contribution in [1.82, 2.24) is 14.1 Å². The number of hydrogen-bond donors (Lipinski definition) is 3. The molecule has 10 heteroatoms. The number of hydrogen-bond acceptors (Lipinski definition) is 7. The second-order valence-electron chi connectivity index (χ2n) is 6.44. The molecule has 1 heterocycles. The van der Waals surface area contributed by atoms with E-state index in [9.17, 15) is 9.59 Å². The normalized spacial score (nSPS) is 10.5. The van der Waals surface area contributed by atoms with Gasteiger partial charge in [-0.3, -0.25) is 14.9 Å². The van der Waals surface area contributed by atoms with E-state index in [0.717, 1.165) is 30.1 Å². The Morgan fingerprint density at radius 2 is 1.90 bits per heavy atom. The molecule has 2 amide bonds. The highest BCUT2D eigenvalue weighted by atomic mass is 32.1. The molecule has 3 N–H and O–H groups in total. The smallest absolute Gasteiger partial charge is 0.257 e. The molecule has 3 aromatic rings. The van der Waals surface area contributed by atoms with Crippen molar-refractivity contribution in [2.45, 2.75) is 26.2 Å². The molecule has 0 aliphatic heterocycles. The van der Waals surface area contributed by atoms with Crippen LogP contribution in [0.4, 0.5) is 11.4 Å². The number of amides is 2. The zero-order chi connectivity index (χ0) is 21.5. The number of anilines is 2. The summed E-state index contributed by atoms with van der Waals surface area (Å²) in [6.45, 7) is 2.03. The fraction of sp³-hybridized carbons (Fsp3) is 0.250. The fourth-order valence-electron chi connectivity index (χ4n) is 2.68. The lowest BCUT2D eigenvalue weighted by Gasteiger charge is -2.14. The van der Waals surface area contributed by atoms with Gasteiger partial charge in [-0.25, -0.2) is 0 Å². The van der Waals surface area contributed by atoms with E-state index in [1.165, 1.54) is 7.11 Å². The summed E-state index contributed by atoms with van der Waals surface area (Å²) in [5.41, 5.74) is 3.02. The van der Waals surface area contributed by atoms with Crippen LogP contribution in [0, 0.1) is 0 Å². The van der Waals surface area contributed by atoms with Crippen LogP contribution >= 0.6 is 23.9 Å². The maximum atomic E-state index is 12.4. The van der Waals surface area contributed by atoms with Gasteiger partial charge in [-0.1, -0.05) is 13.3 Å². The van der Waals surface area contributed by atoms with Gasteiger partial charge in [0.2, 0.25) is 5.91 Å². The average Bonchev–Trinajstić information content (AvgIpc) is 3.21. The Bertz CT molecular complexity index is 1080. The molecule has 0 bridgehead atoms. The van der Waals surface area contributed by atoms with Crippen LogP contribution in [0.2, 0.25) is 0 Å². The van der Waals surface area contributed by atoms with E-state index in [2.05, 4.69) is 24.7 Å². The Kier molecular flexibility index (Phi) is 7.26. The minimum absolute atomic E-state index is 0.0640. The molecule has 2 aromatic carbocycles. The maximum Gasteiger partial charge on any atom is 0.257 e. The molecule has 8 nitrogen and oxygen atoms in total. The van der Waals surface area contributed by atoms with Crippen LogP contribution < -0.4 is 20.7 Å². The number of nitrogens with zero attached hydrogens (tertiary/aromatic N) is 2. The molecule has 3 rings (SSSR count). The van der Waals surface area contributed by atoms with E-state index in [1.54, 1.807) is 36.4 Å². The number of benzene rings is 2. The van der Waals surface area contributed by atoms with Crippen LogP contribution in [0.1, 0.15) is 36.5 Å². The van der Waals surface area contributed by atoms with Crippen LogP contribution in [0.3, 0.4) is 0 Å². The first-order valence-electron chi connectivity index (χ1n) is 9.32. The summed E-state index contributed by atoms with van der Waals surface area (Å²) in [4.78, 5) is 24.4. The second-order valence-corrected chi connectivity index (χ2v) is 7.38. The van der Waals surface area contributed by atoms with Crippen LogP contribution in [0.25, 0.3) is 11.0 Å². The lowest BCUT2D eigenvalue weighted by Crippen LogP contribution is -2.34. The quantitative estimate of drug-likeness (QED) is 0.475. The van der Waals surface area contributed by atoms with Crippen LogP contribution in [0.15, 0.2) is 36.4 Å². The van der Waals surface area contributed by atoms with Crippen LogP contribution in [0.5, 0.6) is 5.75 Å². The summed E-state index contributed by atoms with van der Waals surface area (Å²) in [5.74, 6) is 0.0700. The highest BCUT2D eigenvalue weighted by molar-refractivity contribution is 7.80. The summed E-state index contributed by atoms with van der Waals surface area (Å²) in [7, 11) is 1.52. The minimum atomic E-state index is -0.353. The largest absolute Gasteiger partial charge is 0.494 e. The second kappa shape index (κ2) is 10.1. The zero-order valence-corrected chi connectivity index (χ0v) is 18.2. The molecule has 30 heavy (non-hydrogen) atoms.